The third kappa shape index (κ3) is 8.82. The molecule has 0 bridgehead atoms. The molecule has 134 valence electrons. The second-order valence-corrected chi connectivity index (χ2v) is 8.03. The van der Waals surface area contributed by atoms with E-state index in [1.165, 1.54) is 5.56 Å². The van der Waals surface area contributed by atoms with Gasteiger partial charge in [-0.15, -0.1) is 0 Å². The van der Waals surface area contributed by atoms with Gasteiger partial charge in [-0.2, -0.15) is 11.8 Å². The maximum atomic E-state index is 11.5. The Morgan fingerprint density at radius 2 is 1.88 bits per heavy atom. The number of nitrogens with one attached hydrogen (secondary N) is 1. The summed E-state index contributed by atoms with van der Waals surface area (Å²) in [5.74, 6) is 0.0155. The molecular formula is C18H27NO4S. The van der Waals surface area contributed by atoms with Crippen LogP contribution in [0.15, 0.2) is 24.3 Å². The second-order valence-electron chi connectivity index (χ2n) is 6.58. The molecule has 0 spiro atoms. The van der Waals surface area contributed by atoms with Crippen molar-refractivity contribution in [1.82, 2.24) is 5.32 Å². The minimum Gasteiger partial charge on any atom is -0.481 e. The number of alkyl carbamates (subject to hydrolysis) is 1. The van der Waals surface area contributed by atoms with Gasteiger partial charge in [-0.05, 0) is 45.2 Å². The summed E-state index contributed by atoms with van der Waals surface area (Å²) in [5, 5.41) is 11.7. The number of amides is 1. The van der Waals surface area contributed by atoms with E-state index in [-0.39, 0.29) is 6.42 Å². The highest BCUT2D eigenvalue weighted by Crippen LogP contribution is 2.28. The summed E-state index contributed by atoms with van der Waals surface area (Å²) in [7, 11) is 0. The number of aliphatic carboxylic acids is 1. The molecule has 1 amide bonds. The van der Waals surface area contributed by atoms with Crippen LogP contribution in [0.4, 0.5) is 4.79 Å². The van der Waals surface area contributed by atoms with Crippen LogP contribution < -0.4 is 5.32 Å². The van der Waals surface area contributed by atoms with E-state index in [9.17, 15) is 9.59 Å². The summed E-state index contributed by atoms with van der Waals surface area (Å²) in [4.78, 5) is 22.1. The van der Waals surface area contributed by atoms with Crippen LogP contribution in [0.3, 0.4) is 0 Å². The highest BCUT2D eigenvalue weighted by atomic mass is 32.2. The Morgan fingerprint density at radius 1 is 1.25 bits per heavy atom. The van der Waals surface area contributed by atoms with Crippen LogP contribution in [0, 0.1) is 0 Å². The summed E-state index contributed by atoms with van der Waals surface area (Å²) in [6.45, 7) is 8.18. The Bertz CT molecular complexity index is 537. The van der Waals surface area contributed by atoms with Gasteiger partial charge in [0, 0.05) is 24.0 Å². The molecule has 0 aromatic heterocycles. The van der Waals surface area contributed by atoms with Crippen LogP contribution in [0.25, 0.3) is 0 Å². The normalized spacial score (nSPS) is 12.5. The molecule has 1 aromatic rings. The highest BCUT2D eigenvalue weighted by molar-refractivity contribution is 7.99. The Kier molecular flexibility index (Phi) is 8.11. The van der Waals surface area contributed by atoms with E-state index in [1.807, 2.05) is 45.0 Å². The average molecular weight is 353 g/mol. The van der Waals surface area contributed by atoms with Crippen LogP contribution in [-0.4, -0.2) is 35.1 Å². The molecule has 5 nitrogen and oxygen atoms in total. The topological polar surface area (TPSA) is 75.6 Å². The molecule has 0 aliphatic heterocycles. The molecule has 0 radical (unpaired) electrons. The first kappa shape index (κ1) is 20.4. The minimum absolute atomic E-state index is 0.153. The predicted octanol–water partition coefficient (Wildman–Crippen LogP) is 4.02. The third-order valence-electron chi connectivity index (χ3n) is 3.21. The van der Waals surface area contributed by atoms with Gasteiger partial charge in [0.05, 0.1) is 0 Å². The number of carboxylic acid groups (broad SMARTS) is 1. The summed E-state index contributed by atoms with van der Waals surface area (Å²) in [6, 6.07) is 8.04. The number of ether oxygens (including phenoxy) is 1. The SMILES string of the molecule is CC(SCCNC(=O)OC(C)(C)C)c1ccc(CCC(=O)O)cc1. The van der Waals surface area contributed by atoms with Crippen LogP contribution in [0.5, 0.6) is 0 Å². The molecule has 1 aromatic carbocycles. The first-order chi connectivity index (χ1) is 11.2. The molecule has 0 saturated carbocycles. The lowest BCUT2D eigenvalue weighted by Crippen LogP contribution is -2.33. The molecule has 0 saturated heterocycles. The van der Waals surface area contributed by atoms with Gasteiger partial charge in [0.25, 0.3) is 0 Å². The summed E-state index contributed by atoms with van der Waals surface area (Å²) >= 11 is 1.75. The van der Waals surface area contributed by atoms with Crippen LogP contribution >= 0.6 is 11.8 Å². The molecule has 1 rings (SSSR count). The lowest BCUT2D eigenvalue weighted by molar-refractivity contribution is -0.136. The Balaban J connectivity index is 2.31. The van der Waals surface area contributed by atoms with Crippen LogP contribution in [-0.2, 0) is 16.0 Å². The lowest BCUT2D eigenvalue weighted by Gasteiger charge is -2.20. The molecule has 0 aliphatic carbocycles. The maximum Gasteiger partial charge on any atom is 0.407 e. The quantitative estimate of drug-likeness (QED) is 0.690. The number of aryl methyl sites for hydroxylation is 1. The molecule has 6 heteroatoms. The van der Waals surface area contributed by atoms with E-state index >= 15 is 0 Å². The molecule has 0 fully saturated rings. The minimum atomic E-state index is -0.777. The number of carbonyl (C=O) groups excluding carboxylic acids is 1. The predicted molar refractivity (Wildman–Crippen MR) is 97.5 cm³/mol. The number of hydrogen-bond acceptors (Lipinski definition) is 4. The highest BCUT2D eigenvalue weighted by Gasteiger charge is 2.15. The lowest BCUT2D eigenvalue weighted by atomic mass is 10.1. The molecule has 0 aliphatic rings. The van der Waals surface area contributed by atoms with Crippen molar-refractivity contribution in [2.75, 3.05) is 12.3 Å². The van der Waals surface area contributed by atoms with Crippen molar-refractivity contribution in [3.63, 3.8) is 0 Å². The van der Waals surface area contributed by atoms with Crippen molar-refractivity contribution in [2.45, 2.75) is 51.4 Å². The molecule has 0 heterocycles. The standard InChI is InChI=1S/C18H27NO4S/c1-13(24-12-11-19-17(22)23-18(2,3)4)15-8-5-14(6-9-15)7-10-16(20)21/h5-6,8-9,13H,7,10-12H2,1-4H3,(H,19,22)(H,20,21). The van der Waals surface area contributed by atoms with Gasteiger partial charge >= 0.3 is 12.1 Å². The fraction of sp³-hybridized carbons (Fsp3) is 0.556. The van der Waals surface area contributed by atoms with Gasteiger partial charge in [0.1, 0.15) is 5.60 Å². The van der Waals surface area contributed by atoms with Crippen LogP contribution in [0.2, 0.25) is 0 Å². The van der Waals surface area contributed by atoms with E-state index in [0.29, 0.717) is 18.2 Å². The number of carbonyl (C=O) groups is 2. The van der Waals surface area contributed by atoms with Gasteiger partial charge < -0.3 is 15.2 Å². The zero-order chi connectivity index (χ0) is 18.2. The molecule has 1 unspecified atom stereocenters. The Hall–Kier alpha value is -1.69. The van der Waals surface area contributed by atoms with Crippen molar-refractivity contribution in [2.24, 2.45) is 0 Å². The van der Waals surface area contributed by atoms with E-state index in [2.05, 4.69) is 12.2 Å². The second kappa shape index (κ2) is 9.57. The summed E-state index contributed by atoms with van der Waals surface area (Å²) in [6.07, 6.45) is 0.315. The van der Waals surface area contributed by atoms with Crippen LogP contribution in [0.1, 0.15) is 50.5 Å². The number of carboxylic acids is 1. The van der Waals surface area contributed by atoms with E-state index in [4.69, 9.17) is 9.84 Å². The van der Waals surface area contributed by atoms with Crippen molar-refractivity contribution >= 4 is 23.8 Å². The fourth-order valence-electron chi connectivity index (χ4n) is 2.01. The number of hydrogen-bond donors (Lipinski definition) is 2. The molecule has 2 N–H and O–H groups in total. The zero-order valence-corrected chi connectivity index (χ0v) is 15.6. The molecular weight excluding hydrogens is 326 g/mol. The Labute approximate surface area is 148 Å². The van der Waals surface area contributed by atoms with E-state index in [0.717, 1.165) is 11.3 Å². The largest absolute Gasteiger partial charge is 0.481 e. The molecule has 1 atom stereocenters. The number of rotatable bonds is 8. The van der Waals surface area contributed by atoms with Gasteiger partial charge in [-0.25, -0.2) is 4.79 Å². The number of benzene rings is 1. The van der Waals surface area contributed by atoms with E-state index < -0.39 is 17.7 Å². The summed E-state index contributed by atoms with van der Waals surface area (Å²) < 4.78 is 5.18. The monoisotopic (exact) mass is 353 g/mol. The molecule has 24 heavy (non-hydrogen) atoms. The smallest absolute Gasteiger partial charge is 0.407 e. The fourth-order valence-corrected chi connectivity index (χ4v) is 2.93. The van der Waals surface area contributed by atoms with Crippen molar-refractivity contribution in [3.8, 4) is 0 Å². The first-order valence-corrected chi connectivity index (χ1v) is 9.11. The first-order valence-electron chi connectivity index (χ1n) is 8.06. The van der Waals surface area contributed by atoms with Crippen molar-refractivity contribution in [3.05, 3.63) is 35.4 Å². The van der Waals surface area contributed by atoms with Gasteiger partial charge in [-0.1, -0.05) is 24.3 Å². The van der Waals surface area contributed by atoms with Gasteiger partial charge in [0.15, 0.2) is 0 Å². The zero-order valence-electron chi connectivity index (χ0n) is 14.8. The third-order valence-corrected chi connectivity index (χ3v) is 4.43. The average Bonchev–Trinajstić information content (AvgIpc) is 2.48. The summed E-state index contributed by atoms with van der Waals surface area (Å²) in [5.41, 5.74) is 1.74. The van der Waals surface area contributed by atoms with E-state index in [1.54, 1.807) is 11.8 Å². The van der Waals surface area contributed by atoms with Crippen molar-refractivity contribution in [1.29, 1.82) is 0 Å². The van der Waals surface area contributed by atoms with Gasteiger partial charge in [0.2, 0.25) is 0 Å². The maximum absolute atomic E-state index is 11.5. The van der Waals surface area contributed by atoms with Crippen molar-refractivity contribution < 1.29 is 19.4 Å². The van der Waals surface area contributed by atoms with Gasteiger partial charge in [-0.3, -0.25) is 4.79 Å². The Morgan fingerprint density at radius 3 is 2.42 bits per heavy atom. The number of thioether (sulfide) groups is 1.